The Kier molecular flexibility index (Phi) is 4.12. The van der Waals surface area contributed by atoms with E-state index in [1.165, 1.54) is 0 Å². The van der Waals surface area contributed by atoms with Gasteiger partial charge in [-0.2, -0.15) is 0 Å². The van der Waals surface area contributed by atoms with E-state index in [-0.39, 0.29) is 17.5 Å². The molecule has 2 unspecified atom stereocenters. The van der Waals surface area contributed by atoms with Crippen LogP contribution in [0.25, 0.3) is 0 Å². The van der Waals surface area contributed by atoms with Gasteiger partial charge in [-0.05, 0) is 43.7 Å². The van der Waals surface area contributed by atoms with Gasteiger partial charge in [0.1, 0.15) is 0 Å². The van der Waals surface area contributed by atoms with Crippen molar-refractivity contribution in [3.05, 3.63) is 34.4 Å². The maximum atomic E-state index is 12.4. The SMILES string of the molecule is CCCC1CC1NC(=O)c1c(C)ccc(C)c1C(=O)O. The van der Waals surface area contributed by atoms with Crippen LogP contribution in [0.1, 0.15) is 58.0 Å². The zero-order chi connectivity index (χ0) is 14.9. The summed E-state index contributed by atoms with van der Waals surface area (Å²) in [6, 6.07) is 3.75. The monoisotopic (exact) mass is 275 g/mol. The molecule has 1 fully saturated rings. The number of benzene rings is 1. The van der Waals surface area contributed by atoms with E-state index in [0.717, 1.165) is 19.3 Å². The first-order valence-electron chi connectivity index (χ1n) is 7.10. The Morgan fingerprint density at radius 1 is 1.25 bits per heavy atom. The number of rotatable bonds is 5. The lowest BCUT2D eigenvalue weighted by Crippen LogP contribution is -2.29. The van der Waals surface area contributed by atoms with Gasteiger partial charge in [0.15, 0.2) is 0 Å². The fourth-order valence-electron chi connectivity index (χ4n) is 2.73. The van der Waals surface area contributed by atoms with Crippen LogP contribution < -0.4 is 5.32 Å². The maximum Gasteiger partial charge on any atom is 0.336 e. The van der Waals surface area contributed by atoms with Crippen LogP contribution in [-0.4, -0.2) is 23.0 Å². The van der Waals surface area contributed by atoms with Crippen LogP contribution in [0, 0.1) is 19.8 Å². The van der Waals surface area contributed by atoms with Gasteiger partial charge < -0.3 is 10.4 Å². The van der Waals surface area contributed by atoms with Gasteiger partial charge in [0, 0.05) is 6.04 Å². The highest BCUT2D eigenvalue weighted by molar-refractivity contribution is 6.06. The Labute approximate surface area is 119 Å². The van der Waals surface area contributed by atoms with Crippen molar-refractivity contribution < 1.29 is 14.7 Å². The van der Waals surface area contributed by atoms with Crippen molar-refractivity contribution in [1.29, 1.82) is 0 Å². The number of carboxylic acid groups (broad SMARTS) is 1. The van der Waals surface area contributed by atoms with Crippen LogP contribution >= 0.6 is 0 Å². The lowest BCUT2D eigenvalue weighted by molar-refractivity contribution is 0.0690. The number of carbonyl (C=O) groups excluding carboxylic acids is 1. The molecule has 0 saturated heterocycles. The highest BCUT2D eigenvalue weighted by atomic mass is 16.4. The molecule has 1 amide bonds. The number of hydrogen-bond donors (Lipinski definition) is 2. The first-order chi connectivity index (χ1) is 9.45. The van der Waals surface area contributed by atoms with Crippen molar-refractivity contribution >= 4 is 11.9 Å². The highest BCUT2D eigenvalue weighted by Gasteiger charge is 2.38. The van der Waals surface area contributed by atoms with Gasteiger partial charge in [-0.1, -0.05) is 25.5 Å². The van der Waals surface area contributed by atoms with Crippen molar-refractivity contribution in [2.75, 3.05) is 0 Å². The third-order valence-corrected chi connectivity index (χ3v) is 3.96. The average Bonchev–Trinajstić information content (AvgIpc) is 3.09. The van der Waals surface area contributed by atoms with E-state index < -0.39 is 5.97 Å². The Hall–Kier alpha value is -1.84. The number of aromatic carboxylic acids is 1. The topological polar surface area (TPSA) is 66.4 Å². The molecular formula is C16H21NO3. The molecule has 1 saturated carbocycles. The highest BCUT2D eigenvalue weighted by Crippen LogP contribution is 2.35. The van der Waals surface area contributed by atoms with E-state index in [1.807, 2.05) is 0 Å². The molecule has 108 valence electrons. The molecule has 1 aliphatic carbocycles. The van der Waals surface area contributed by atoms with Gasteiger partial charge in [-0.3, -0.25) is 4.79 Å². The van der Waals surface area contributed by atoms with E-state index in [1.54, 1.807) is 26.0 Å². The van der Waals surface area contributed by atoms with Crippen LogP contribution in [-0.2, 0) is 0 Å². The molecule has 0 aromatic heterocycles. The Morgan fingerprint density at radius 3 is 2.40 bits per heavy atom. The summed E-state index contributed by atoms with van der Waals surface area (Å²) in [6.07, 6.45) is 3.23. The number of carbonyl (C=O) groups is 2. The van der Waals surface area contributed by atoms with E-state index in [0.29, 0.717) is 22.6 Å². The number of amides is 1. The summed E-state index contributed by atoms with van der Waals surface area (Å²) in [6.45, 7) is 5.62. The second-order valence-corrected chi connectivity index (χ2v) is 5.62. The molecule has 1 aliphatic rings. The minimum Gasteiger partial charge on any atom is -0.478 e. The number of aryl methyl sites for hydroxylation is 2. The van der Waals surface area contributed by atoms with Crippen molar-refractivity contribution in [2.24, 2.45) is 5.92 Å². The molecule has 2 N–H and O–H groups in total. The Balaban J connectivity index is 2.22. The van der Waals surface area contributed by atoms with Crippen molar-refractivity contribution in [3.63, 3.8) is 0 Å². The van der Waals surface area contributed by atoms with Crippen LogP contribution in [0.2, 0.25) is 0 Å². The quantitative estimate of drug-likeness (QED) is 0.868. The Bertz CT molecular complexity index is 551. The van der Waals surface area contributed by atoms with E-state index in [9.17, 15) is 14.7 Å². The van der Waals surface area contributed by atoms with Gasteiger partial charge in [0.25, 0.3) is 5.91 Å². The molecule has 2 rings (SSSR count). The molecule has 0 radical (unpaired) electrons. The van der Waals surface area contributed by atoms with Crippen LogP contribution in [0.4, 0.5) is 0 Å². The first kappa shape index (κ1) is 14.6. The molecule has 0 bridgehead atoms. The summed E-state index contributed by atoms with van der Waals surface area (Å²) < 4.78 is 0. The summed E-state index contributed by atoms with van der Waals surface area (Å²) in [5.41, 5.74) is 1.75. The van der Waals surface area contributed by atoms with Gasteiger partial charge in [-0.15, -0.1) is 0 Å². The van der Waals surface area contributed by atoms with Gasteiger partial charge in [-0.25, -0.2) is 4.79 Å². The predicted molar refractivity (Wildman–Crippen MR) is 77.1 cm³/mol. The predicted octanol–water partition coefficient (Wildman–Crippen LogP) is 2.92. The van der Waals surface area contributed by atoms with E-state index >= 15 is 0 Å². The second kappa shape index (κ2) is 5.65. The van der Waals surface area contributed by atoms with E-state index in [2.05, 4.69) is 12.2 Å². The smallest absolute Gasteiger partial charge is 0.336 e. The molecule has 2 atom stereocenters. The third kappa shape index (κ3) is 2.84. The first-order valence-corrected chi connectivity index (χ1v) is 7.10. The summed E-state index contributed by atoms with van der Waals surface area (Å²) in [4.78, 5) is 23.8. The summed E-state index contributed by atoms with van der Waals surface area (Å²) in [5.74, 6) is -0.744. The molecule has 0 aliphatic heterocycles. The molecule has 20 heavy (non-hydrogen) atoms. The maximum absolute atomic E-state index is 12.4. The fraction of sp³-hybridized carbons (Fsp3) is 0.500. The average molecular weight is 275 g/mol. The number of hydrogen-bond acceptors (Lipinski definition) is 2. The molecule has 0 spiro atoms. The van der Waals surface area contributed by atoms with Gasteiger partial charge >= 0.3 is 5.97 Å². The molecule has 1 aromatic rings. The zero-order valence-corrected chi connectivity index (χ0v) is 12.2. The molecular weight excluding hydrogens is 254 g/mol. The minimum atomic E-state index is -1.04. The lowest BCUT2D eigenvalue weighted by atomic mass is 9.96. The van der Waals surface area contributed by atoms with Crippen molar-refractivity contribution in [1.82, 2.24) is 5.32 Å². The van der Waals surface area contributed by atoms with Gasteiger partial charge in [0.2, 0.25) is 0 Å². The molecule has 1 aromatic carbocycles. The Morgan fingerprint density at radius 2 is 1.85 bits per heavy atom. The largest absolute Gasteiger partial charge is 0.478 e. The van der Waals surface area contributed by atoms with Crippen LogP contribution in [0.3, 0.4) is 0 Å². The zero-order valence-electron chi connectivity index (χ0n) is 12.2. The molecule has 4 heteroatoms. The minimum absolute atomic E-state index is 0.121. The van der Waals surface area contributed by atoms with E-state index in [4.69, 9.17) is 0 Å². The standard InChI is InChI=1S/C16H21NO3/c1-4-5-11-8-12(11)17-15(18)13-9(2)6-7-10(3)14(13)16(19)20/h6-7,11-12H,4-5,8H2,1-3H3,(H,17,18)(H,19,20). The molecule has 0 heterocycles. The number of carboxylic acids is 1. The lowest BCUT2D eigenvalue weighted by Gasteiger charge is -2.12. The van der Waals surface area contributed by atoms with Gasteiger partial charge in [0.05, 0.1) is 11.1 Å². The van der Waals surface area contributed by atoms with Crippen molar-refractivity contribution in [3.8, 4) is 0 Å². The van der Waals surface area contributed by atoms with Crippen LogP contribution in [0.15, 0.2) is 12.1 Å². The van der Waals surface area contributed by atoms with Crippen LogP contribution in [0.5, 0.6) is 0 Å². The normalized spacial score (nSPS) is 20.6. The summed E-state index contributed by atoms with van der Waals surface area (Å²) >= 11 is 0. The number of nitrogens with one attached hydrogen (secondary N) is 1. The van der Waals surface area contributed by atoms with Crippen molar-refractivity contribution in [2.45, 2.75) is 46.1 Å². The summed E-state index contributed by atoms with van der Waals surface area (Å²) in [7, 11) is 0. The fourth-order valence-corrected chi connectivity index (χ4v) is 2.73. The molecule has 4 nitrogen and oxygen atoms in total. The summed E-state index contributed by atoms with van der Waals surface area (Å²) in [5, 5.41) is 12.3. The third-order valence-electron chi connectivity index (χ3n) is 3.96. The second-order valence-electron chi connectivity index (χ2n) is 5.62.